The molecule has 1 aromatic rings. The summed E-state index contributed by atoms with van der Waals surface area (Å²) in [6, 6.07) is 8.40. The first-order chi connectivity index (χ1) is 8.68. The van der Waals surface area contributed by atoms with Gasteiger partial charge in [0.2, 0.25) is 0 Å². The van der Waals surface area contributed by atoms with Crippen LogP contribution in [0.3, 0.4) is 0 Å². The van der Waals surface area contributed by atoms with Gasteiger partial charge in [-0.3, -0.25) is 0 Å². The summed E-state index contributed by atoms with van der Waals surface area (Å²) in [6.45, 7) is 2.28. The Balaban J connectivity index is 2.26. The fraction of sp³-hybridized carbons (Fsp3) is 0.533. The van der Waals surface area contributed by atoms with Gasteiger partial charge in [0.25, 0.3) is 0 Å². The van der Waals surface area contributed by atoms with E-state index in [9.17, 15) is 5.26 Å². The van der Waals surface area contributed by atoms with Gasteiger partial charge in [-0.15, -0.1) is 11.8 Å². The van der Waals surface area contributed by atoms with Gasteiger partial charge in [0, 0.05) is 10.4 Å². The highest BCUT2D eigenvalue weighted by Crippen LogP contribution is 2.34. The second kappa shape index (κ2) is 5.67. The maximum atomic E-state index is 9.34. The van der Waals surface area contributed by atoms with Crippen molar-refractivity contribution in [3.8, 4) is 6.07 Å². The van der Waals surface area contributed by atoms with E-state index in [1.807, 2.05) is 24.5 Å². The molecular weight excluding hydrogens is 240 g/mol. The molecule has 1 N–H and O–H groups in total. The molecule has 0 radical (unpaired) electrons. The number of benzene rings is 1. The van der Waals surface area contributed by atoms with Crippen LogP contribution >= 0.6 is 11.8 Å². The molecule has 0 bridgehead atoms. The van der Waals surface area contributed by atoms with Gasteiger partial charge >= 0.3 is 0 Å². The lowest BCUT2D eigenvalue weighted by atomic mass is 9.83. The highest BCUT2D eigenvalue weighted by Gasteiger charge is 2.27. The van der Waals surface area contributed by atoms with E-state index >= 15 is 0 Å². The lowest BCUT2D eigenvalue weighted by molar-refractivity contribution is 0.349. The van der Waals surface area contributed by atoms with Gasteiger partial charge in [-0.2, -0.15) is 5.26 Å². The van der Waals surface area contributed by atoms with Crippen molar-refractivity contribution in [3.63, 3.8) is 0 Å². The van der Waals surface area contributed by atoms with E-state index < -0.39 is 0 Å². The van der Waals surface area contributed by atoms with E-state index in [4.69, 9.17) is 0 Å². The number of thioether (sulfide) groups is 1. The van der Waals surface area contributed by atoms with Crippen LogP contribution in [-0.4, -0.2) is 11.8 Å². The molecule has 0 unspecified atom stereocenters. The van der Waals surface area contributed by atoms with Crippen LogP contribution in [0.4, 0.5) is 5.69 Å². The fourth-order valence-electron chi connectivity index (χ4n) is 2.70. The molecule has 18 heavy (non-hydrogen) atoms. The fourth-order valence-corrected chi connectivity index (χ4v) is 3.28. The SMILES string of the molecule is CSc1cccc(NC2(C)CCCCC2)c1C#N. The first kappa shape index (κ1) is 13.3. The highest BCUT2D eigenvalue weighted by molar-refractivity contribution is 7.98. The first-order valence-corrected chi connectivity index (χ1v) is 7.76. The third kappa shape index (κ3) is 2.81. The van der Waals surface area contributed by atoms with Crippen molar-refractivity contribution in [2.45, 2.75) is 49.5 Å². The topological polar surface area (TPSA) is 35.8 Å². The highest BCUT2D eigenvalue weighted by atomic mass is 32.2. The van der Waals surface area contributed by atoms with Crippen molar-refractivity contribution < 1.29 is 0 Å². The summed E-state index contributed by atoms with van der Waals surface area (Å²) in [5.41, 5.74) is 1.94. The van der Waals surface area contributed by atoms with Crippen LogP contribution < -0.4 is 5.32 Å². The molecule has 1 aliphatic rings. The van der Waals surface area contributed by atoms with Gasteiger partial charge in [0.1, 0.15) is 6.07 Å². The molecular formula is C15H20N2S. The smallest absolute Gasteiger partial charge is 0.102 e. The quantitative estimate of drug-likeness (QED) is 0.817. The van der Waals surface area contributed by atoms with Gasteiger partial charge in [0.15, 0.2) is 0 Å². The van der Waals surface area contributed by atoms with Crippen LogP contribution in [0.2, 0.25) is 0 Å². The molecule has 1 aromatic carbocycles. The Kier molecular flexibility index (Phi) is 4.19. The molecule has 0 atom stereocenters. The van der Waals surface area contributed by atoms with Crippen LogP contribution in [0.25, 0.3) is 0 Å². The van der Waals surface area contributed by atoms with Crippen molar-refractivity contribution in [2.24, 2.45) is 0 Å². The van der Waals surface area contributed by atoms with Gasteiger partial charge in [0.05, 0.1) is 11.3 Å². The molecule has 1 fully saturated rings. The molecule has 0 heterocycles. The summed E-state index contributed by atoms with van der Waals surface area (Å²) in [7, 11) is 0. The number of nitrogens with zero attached hydrogens (tertiary/aromatic N) is 1. The summed E-state index contributed by atoms with van der Waals surface area (Å²) in [4.78, 5) is 1.06. The van der Waals surface area contributed by atoms with Gasteiger partial charge in [-0.1, -0.05) is 25.3 Å². The van der Waals surface area contributed by atoms with Gasteiger partial charge in [-0.25, -0.2) is 0 Å². The summed E-state index contributed by atoms with van der Waals surface area (Å²) < 4.78 is 0. The van der Waals surface area contributed by atoms with E-state index in [2.05, 4.69) is 18.3 Å². The average Bonchev–Trinajstić information content (AvgIpc) is 2.38. The van der Waals surface area contributed by atoms with Gasteiger partial charge in [-0.05, 0) is 38.2 Å². The Morgan fingerprint density at radius 1 is 1.28 bits per heavy atom. The lowest BCUT2D eigenvalue weighted by Gasteiger charge is -2.36. The molecule has 2 nitrogen and oxygen atoms in total. The van der Waals surface area contributed by atoms with Crippen LogP contribution in [-0.2, 0) is 0 Å². The predicted molar refractivity (Wildman–Crippen MR) is 78.1 cm³/mol. The first-order valence-electron chi connectivity index (χ1n) is 6.54. The summed E-state index contributed by atoms with van der Waals surface area (Å²) >= 11 is 1.63. The van der Waals surface area contributed by atoms with Crippen molar-refractivity contribution in [1.29, 1.82) is 5.26 Å². The molecule has 3 heteroatoms. The molecule has 0 aromatic heterocycles. The molecule has 96 valence electrons. The minimum Gasteiger partial charge on any atom is -0.379 e. The molecule has 0 saturated heterocycles. The van der Waals surface area contributed by atoms with E-state index in [1.165, 1.54) is 32.1 Å². The number of nitriles is 1. The lowest BCUT2D eigenvalue weighted by Crippen LogP contribution is -2.37. The molecule has 1 saturated carbocycles. The number of rotatable bonds is 3. The average molecular weight is 260 g/mol. The van der Waals surface area contributed by atoms with Crippen molar-refractivity contribution in [1.82, 2.24) is 0 Å². The molecule has 0 spiro atoms. The van der Waals surface area contributed by atoms with E-state index in [-0.39, 0.29) is 5.54 Å². The number of anilines is 1. The number of hydrogen-bond acceptors (Lipinski definition) is 3. The van der Waals surface area contributed by atoms with Crippen LogP contribution in [0, 0.1) is 11.3 Å². The van der Waals surface area contributed by atoms with Crippen LogP contribution in [0.1, 0.15) is 44.6 Å². The Morgan fingerprint density at radius 2 is 2.00 bits per heavy atom. The monoisotopic (exact) mass is 260 g/mol. The van der Waals surface area contributed by atoms with E-state index in [0.717, 1.165) is 16.1 Å². The minimum absolute atomic E-state index is 0.154. The second-order valence-corrected chi connectivity index (χ2v) is 6.09. The Hall–Kier alpha value is -1.14. The maximum Gasteiger partial charge on any atom is 0.102 e. The van der Waals surface area contributed by atoms with E-state index in [1.54, 1.807) is 11.8 Å². The van der Waals surface area contributed by atoms with Crippen LogP contribution in [0.15, 0.2) is 23.1 Å². The zero-order chi connectivity index (χ0) is 13.0. The Labute approximate surface area is 114 Å². The summed E-state index contributed by atoms with van der Waals surface area (Å²) in [6.07, 6.45) is 8.32. The van der Waals surface area contributed by atoms with Crippen molar-refractivity contribution in [3.05, 3.63) is 23.8 Å². The molecule has 0 amide bonds. The van der Waals surface area contributed by atoms with Gasteiger partial charge < -0.3 is 5.32 Å². The third-order valence-electron chi connectivity index (χ3n) is 3.75. The summed E-state index contributed by atoms with van der Waals surface area (Å²) in [5.74, 6) is 0. The largest absolute Gasteiger partial charge is 0.379 e. The molecule has 2 rings (SSSR count). The zero-order valence-electron chi connectivity index (χ0n) is 11.1. The van der Waals surface area contributed by atoms with Crippen molar-refractivity contribution in [2.75, 3.05) is 11.6 Å². The number of hydrogen-bond donors (Lipinski definition) is 1. The standard InChI is InChI=1S/C15H20N2S/c1-15(9-4-3-5-10-15)17-13-7-6-8-14(18-2)12(13)11-16/h6-8,17H,3-5,9-10H2,1-2H3. The molecule has 1 aliphatic carbocycles. The predicted octanol–water partition coefficient (Wildman–Crippen LogP) is 4.41. The third-order valence-corrected chi connectivity index (χ3v) is 4.53. The normalized spacial score (nSPS) is 18.1. The maximum absolute atomic E-state index is 9.34. The Morgan fingerprint density at radius 3 is 2.61 bits per heavy atom. The second-order valence-electron chi connectivity index (χ2n) is 5.24. The number of nitrogens with one attached hydrogen (secondary N) is 1. The van der Waals surface area contributed by atoms with E-state index in [0.29, 0.717) is 0 Å². The zero-order valence-corrected chi connectivity index (χ0v) is 11.9. The molecule has 0 aliphatic heterocycles. The Bertz CT molecular complexity index is 456. The van der Waals surface area contributed by atoms with Crippen molar-refractivity contribution >= 4 is 17.4 Å². The summed E-state index contributed by atoms with van der Waals surface area (Å²) in [5, 5.41) is 13.0. The minimum atomic E-state index is 0.154. The van der Waals surface area contributed by atoms with Crippen LogP contribution in [0.5, 0.6) is 0 Å².